The van der Waals surface area contributed by atoms with E-state index in [4.69, 9.17) is 0 Å². The second kappa shape index (κ2) is 6.55. The number of hydrogen-bond donors (Lipinski definition) is 1. The highest BCUT2D eigenvalue weighted by Gasteiger charge is 2.37. The van der Waals surface area contributed by atoms with Gasteiger partial charge in [0.05, 0.1) is 5.92 Å². The largest absolute Gasteiger partial charge is 0.481 e. The van der Waals surface area contributed by atoms with Crippen molar-refractivity contribution in [3.63, 3.8) is 0 Å². The van der Waals surface area contributed by atoms with Crippen LogP contribution in [0.3, 0.4) is 0 Å². The Morgan fingerprint density at radius 2 is 1.67 bits per heavy atom. The minimum absolute atomic E-state index is 0.174. The topological polar surface area (TPSA) is 40.5 Å². The summed E-state index contributed by atoms with van der Waals surface area (Å²) in [5.74, 6) is 0.829. The van der Waals surface area contributed by atoms with Gasteiger partial charge >= 0.3 is 5.97 Å². The van der Waals surface area contributed by atoms with Crippen molar-refractivity contribution < 1.29 is 9.90 Å². The average Bonchev–Trinajstić information content (AvgIpc) is 2.57. The maximum atomic E-state index is 11.2. The van der Waals surface area contributed by atoms with Gasteiger partial charge < -0.3 is 5.11 Å². The molecule has 1 heterocycles. The molecule has 106 valence electrons. The molecule has 2 atom stereocenters. The van der Waals surface area contributed by atoms with Crippen molar-refractivity contribution in [1.29, 1.82) is 0 Å². The van der Waals surface area contributed by atoms with Gasteiger partial charge in [0.25, 0.3) is 0 Å². The van der Waals surface area contributed by atoms with E-state index in [1.807, 2.05) is 0 Å². The van der Waals surface area contributed by atoms with Crippen LogP contribution in [0.2, 0.25) is 0 Å². The standard InChI is InChI=1S/C15H29NO2/c1-10(2)6-13(7-11(3)4)16-8-12(5)14(9-16)15(17)18/h10-14H,6-9H2,1-5H3,(H,17,18). The molecular weight excluding hydrogens is 226 g/mol. The van der Waals surface area contributed by atoms with Gasteiger partial charge in [-0.05, 0) is 30.6 Å². The molecule has 0 aromatic carbocycles. The zero-order valence-corrected chi connectivity index (χ0v) is 12.5. The summed E-state index contributed by atoms with van der Waals surface area (Å²) >= 11 is 0. The monoisotopic (exact) mass is 255 g/mol. The molecule has 0 radical (unpaired) electrons. The third-order valence-electron chi connectivity index (χ3n) is 3.96. The van der Waals surface area contributed by atoms with Gasteiger partial charge in [0.15, 0.2) is 0 Å². The predicted molar refractivity (Wildman–Crippen MR) is 74.6 cm³/mol. The van der Waals surface area contributed by atoms with E-state index in [2.05, 4.69) is 39.5 Å². The summed E-state index contributed by atoms with van der Waals surface area (Å²) < 4.78 is 0. The van der Waals surface area contributed by atoms with E-state index in [-0.39, 0.29) is 11.8 Å². The van der Waals surface area contributed by atoms with Crippen molar-refractivity contribution >= 4 is 5.97 Å². The zero-order chi connectivity index (χ0) is 13.9. The first kappa shape index (κ1) is 15.5. The molecule has 1 aliphatic rings. The zero-order valence-electron chi connectivity index (χ0n) is 12.5. The third kappa shape index (κ3) is 4.27. The lowest BCUT2D eigenvalue weighted by Crippen LogP contribution is -2.36. The molecule has 1 saturated heterocycles. The highest BCUT2D eigenvalue weighted by molar-refractivity contribution is 5.71. The van der Waals surface area contributed by atoms with Crippen LogP contribution in [0.5, 0.6) is 0 Å². The Morgan fingerprint density at radius 3 is 2.00 bits per heavy atom. The van der Waals surface area contributed by atoms with Crippen LogP contribution in [0.15, 0.2) is 0 Å². The molecule has 0 amide bonds. The molecule has 2 unspecified atom stereocenters. The molecule has 0 spiro atoms. The number of hydrogen-bond acceptors (Lipinski definition) is 2. The summed E-state index contributed by atoms with van der Waals surface area (Å²) in [5, 5.41) is 9.22. The molecule has 18 heavy (non-hydrogen) atoms. The van der Waals surface area contributed by atoms with E-state index in [0.717, 1.165) is 13.1 Å². The fraction of sp³-hybridized carbons (Fsp3) is 0.933. The maximum Gasteiger partial charge on any atom is 0.308 e. The smallest absolute Gasteiger partial charge is 0.308 e. The Labute approximate surface area is 112 Å². The highest BCUT2D eigenvalue weighted by atomic mass is 16.4. The molecule has 0 bridgehead atoms. The molecule has 1 aliphatic heterocycles. The van der Waals surface area contributed by atoms with Crippen LogP contribution in [-0.4, -0.2) is 35.1 Å². The number of likely N-dealkylation sites (tertiary alicyclic amines) is 1. The molecule has 0 aromatic heterocycles. The summed E-state index contributed by atoms with van der Waals surface area (Å²) in [5.41, 5.74) is 0. The van der Waals surface area contributed by atoms with Gasteiger partial charge in [-0.1, -0.05) is 34.6 Å². The second-order valence-electron chi connectivity index (χ2n) is 6.79. The van der Waals surface area contributed by atoms with Crippen LogP contribution in [0, 0.1) is 23.7 Å². The van der Waals surface area contributed by atoms with E-state index in [9.17, 15) is 9.90 Å². The first-order valence-corrected chi connectivity index (χ1v) is 7.28. The molecule has 0 saturated carbocycles. The van der Waals surface area contributed by atoms with Crippen LogP contribution in [0.1, 0.15) is 47.5 Å². The van der Waals surface area contributed by atoms with Crippen molar-refractivity contribution in [2.75, 3.05) is 13.1 Å². The van der Waals surface area contributed by atoms with Crippen molar-refractivity contribution in [3.05, 3.63) is 0 Å². The maximum absolute atomic E-state index is 11.2. The van der Waals surface area contributed by atoms with Gasteiger partial charge in [-0.2, -0.15) is 0 Å². The van der Waals surface area contributed by atoms with Crippen molar-refractivity contribution in [2.45, 2.75) is 53.5 Å². The fourth-order valence-corrected chi connectivity index (χ4v) is 3.11. The first-order valence-electron chi connectivity index (χ1n) is 7.28. The Bertz CT molecular complexity index is 266. The van der Waals surface area contributed by atoms with Crippen molar-refractivity contribution in [3.8, 4) is 0 Å². The summed E-state index contributed by atoms with van der Waals surface area (Å²) in [6, 6.07) is 0.553. The average molecular weight is 255 g/mol. The highest BCUT2D eigenvalue weighted by Crippen LogP contribution is 2.29. The van der Waals surface area contributed by atoms with Gasteiger partial charge in [-0.3, -0.25) is 9.69 Å². The minimum atomic E-state index is -0.627. The number of rotatable bonds is 6. The summed E-state index contributed by atoms with van der Waals surface area (Å²) in [6.45, 7) is 12.8. The Morgan fingerprint density at radius 1 is 1.17 bits per heavy atom. The van der Waals surface area contributed by atoms with Gasteiger partial charge in [-0.25, -0.2) is 0 Å². The predicted octanol–water partition coefficient (Wildman–Crippen LogP) is 3.10. The van der Waals surface area contributed by atoms with Gasteiger partial charge in [0.2, 0.25) is 0 Å². The molecule has 1 rings (SSSR count). The molecular formula is C15H29NO2. The molecule has 1 N–H and O–H groups in total. The normalized spacial score (nSPS) is 25.6. The van der Waals surface area contributed by atoms with Crippen LogP contribution in [0.4, 0.5) is 0 Å². The summed E-state index contributed by atoms with van der Waals surface area (Å²) in [6.07, 6.45) is 2.36. The van der Waals surface area contributed by atoms with Crippen LogP contribution >= 0.6 is 0 Å². The molecule has 3 nitrogen and oxygen atoms in total. The van der Waals surface area contributed by atoms with E-state index >= 15 is 0 Å². The number of carboxylic acids is 1. The molecule has 3 heteroatoms. The van der Waals surface area contributed by atoms with Crippen LogP contribution < -0.4 is 0 Å². The SMILES string of the molecule is CC(C)CC(CC(C)C)N1CC(C)C(C(=O)O)C1. The molecule has 1 fully saturated rings. The van der Waals surface area contributed by atoms with Gasteiger partial charge in [0, 0.05) is 19.1 Å². The van der Waals surface area contributed by atoms with Crippen LogP contribution in [-0.2, 0) is 4.79 Å². The lowest BCUT2D eigenvalue weighted by atomic mass is 9.94. The first-order chi connectivity index (χ1) is 8.31. The Hall–Kier alpha value is -0.570. The van der Waals surface area contributed by atoms with Crippen molar-refractivity contribution in [2.24, 2.45) is 23.7 Å². The fourth-order valence-electron chi connectivity index (χ4n) is 3.11. The molecule has 0 aromatic rings. The van der Waals surface area contributed by atoms with E-state index in [1.54, 1.807) is 0 Å². The minimum Gasteiger partial charge on any atom is -0.481 e. The van der Waals surface area contributed by atoms with Gasteiger partial charge in [0.1, 0.15) is 0 Å². The van der Waals surface area contributed by atoms with Crippen LogP contribution in [0.25, 0.3) is 0 Å². The Kier molecular flexibility index (Phi) is 5.64. The van der Waals surface area contributed by atoms with Crippen molar-refractivity contribution in [1.82, 2.24) is 4.90 Å². The Balaban J connectivity index is 2.66. The lowest BCUT2D eigenvalue weighted by Gasteiger charge is -2.30. The summed E-state index contributed by atoms with van der Waals surface area (Å²) in [7, 11) is 0. The number of carboxylic acid groups (broad SMARTS) is 1. The second-order valence-corrected chi connectivity index (χ2v) is 6.79. The lowest BCUT2D eigenvalue weighted by molar-refractivity contribution is -0.142. The quantitative estimate of drug-likeness (QED) is 0.793. The van der Waals surface area contributed by atoms with E-state index < -0.39 is 5.97 Å². The van der Waals surface area contributed by atoms with Gasteiger partial charge in [-0.15, -0.1) is 0 Å². The number of nitrogens with zero attached hydrogens (tertiary/aromatic N) is 1. The van der Waals surface area contributed by atoms with E-state index in [1.165, 1.54) is 12.8 Å². The number of aliphatic carboxylic acids is 1. The van der Waals surface area contributed by atoms with E-state index in [0.29, 0.717) is 17.9 Å². The summed E-state index contributed by atoms with van der Waals surface area (Å²) in [4.78, 5) is 13.6. The number of carbonyl (C=O) groups is 1. The molecule has 0 aliphatic carbocycles. The third-order valence-corrected chi connectivity index (χ3v) is 3.96.